The standard InChI is InChI=1S/C18H17N7O2S/c1-28(26,27)25-13-5-2-4-12(10-13)21-18-19-9-8-17(23-18)22-15-6-3-7-16-14(15)11-20-24-16/h2-11,25H,1H3,(H,20,24)(H2,19,21,22,23). The lowest BCUT2D eigenvalue weighted by Crippen LogP contribution is -2.09. The Kier molecular flexibility index (Phi) is 4.53. The number of sulfonamides is 1. The maximum atomic E-state index is 11.4. The zero-order valence-electron chi connectivity index (χ0n) is 14.8. The molecular weight excluding hydrogens is 378 g/mol. The van der Waals surface area contributed by atoms with E-state index in [-0.39, 0.29) is 0 Å². The van der Waals surface area contributed by atoms with Gasteiger partial charge in [-0.05, 0) is 36.4 Å². The van der Waals surface area contributed by atoms with Crippen LogP contribution in [0.2, 0.25) is 0 Å². The van der Waals surface area contributed by atoms with Crippen molar-refractivity contribution in [1.29, 1.82) is 0 Å². The summed E-state index contributed by atoms with van der Waals surface area (Å²) in [7, 11) is -3.35. The van der Waals surface area contributed by atoms with Crippen LogP contribution in [0, 0.1) is 0 Å². The van der Waals surface area contributed by atoms with Crippen LogP contribution < -0.4 is 15.4 Å². The van der Waals surface area contributed by atoms with Crippen molar-refractivity contribution in [2.45, 2.75) is 0 Å². The number of hydrogen-bond donors (Lipinski definition) is 4. The van der Waals surface area contributed by atoms with E-state index in [9.17, 15) is 8.42 Å². The zero-order chi connectivity index (χ0) is 19.6. The monoisotopic (exact) mass is 395 g/mol. The van der Waals surface area contributed by atoms with Crippen LogP contribution in [0.3, 0.4) is 0 Å². The highest BCUT2D eigenvalue weighted by Crippen LogP contribution is 2.25. The molecule has 2 aromatic carbocycles. The molecule has 4 rings (SSSR count). The number of hydrogen-bond acceptors (Lipinski definition) is 7. The van der Waals surface area contributed by atoms with Crippen LogP contribution in [0.15, 0.2) is 60.9 Å². The van der Waals surface area contributed by atoms with Crippen LogP contribution in [0.1, 0.15) is 0 Å². The molecule has 0 saturated carbocycles. The Labute approximate surface area is 161 Å². The molecule has 28 heavy (non-hydrogen) atoms. The molecule has 0 radical (unpaired) electrons. The first kappa shape index (κ1) is 17.7. The van der Waals surface area contributed by atoms with Gasteiger partial charge in [-0.3, -0.25) is 9.82 Å². The number of anilines is 5. The summed E-state index contributed by atoms with van der Waals surface area (Å²) < 4.78 is 25.2. The highest BCUT2D eigenvalue weighted by Gasteiger charge is 2.06. The molecule has 142 valence electrons. The summed E-state index contributed by atoms with van der Waals surface area (Å²) in [6.45, 7) is 0. The van der Waals surface area contributed by atoms with Crippen molar-refractivity contribution in [2.24, 2.45) is 0 Å². The average Bonchev–Trinajstić information content (AvgIpc) is 3.11. The minimum Gasteiger partial charge on any atom is -0.339 e. The molecule has 4 N–H and O–H groups in total. The fourth-order valence-corrected chi connectivity index (χ4v) is 3.26. The first-order chi connectivity index (χ1) is 13.5. The Hall–Kier alpha value is -3.66. The molecule has 0 amide bonds. The number of fused-ring (bicyclic) bond motifs is 1. The molecule has 2 aromatic heterocycles. The van der Waals surface area contributed by atoms with Gasteiger partial charge in [0.25, 0.3) is 0 Å². The van der Waals surface area contributed by atoms with Crippen molar-refractivity contribution in [2.75, 3.05) is 21.6 Å². The van der Waals surface area contributed by atoms with E-state index in [1.165, 1.54) is 0 Å². The predicted molar refractivity (Wildman–Crippen MR) is 110 cm³/mol. The van der Waals surface area contributed by atoms with Crippen molar-refractivity contribution < 1.29 is 8.42 Å². The van der Waals surface area contributed by atoms with E-state index in [0.717, 1.165) is 22.8 Å². The van der Waals surface area contributed by atoms with Crippen molar-refractivity contribution in [3.63, 3.8) is 0 Å². The highest BCUT2D eigenvalue weighted by atomic mass is 32.2. The summed E-state index contributed by atoms with van der Waals surface area (Å²) in [6.07, 6.45) is 4.48. The summed E-state index contributed by atoms with van der Waals surface area (Å²) in [6, 6.07) is 14.4. The number of H-pyrrole nitrogens is 1. The summed E-state index contributed by atoms with van der Waals surface area (Å²) in [5, 5.41) is 14.3. The van der Waals surface area contributed by atoms with E-state index in [2.05, 4.69) is 35.5 Å². The van der Waals surface area contributed by atoms with E-state index in [1.807, 2.05) is 18.2 Å². The van der Waals surface area contributed by atoms with Gasteiger partial charge in [-0.15, -0.1) is 0 Å². The van der Waals surface area contributed by atoms with Crippen LogP contribution >= 0.6 is 0 Å². The molecule has 0 unspecified atom stereocenters. The maximum Gasteiger partial charge on any atom is 0.229 e. The Morgan fingerprint density at radius 1 is 1.00 bits per heavy atom. The number of nitrogens with one attached hydrogen (secondary N) is 4. The van der Waals surface area contributed by atoms with Gasteiger partial charge in [0.1, 0.15) is 5.82 Å². The minimum absolute atomic E-state index is 0.376. The normalized spacial score (nSPS) is 11.3. The Bertz CT molecular complexity index is 1240. The van der Waals surface area contributed by atoms with Crippen LogP contribution in [0.5, 0.6) is 0 Å². The molecule has 0 aliphatic carbocycles. The Morgan fingerprint density at radius 3 is 2.68 bits per heavy atom. The molecule has 2 heterocycles. The zero-order valence-corrected chi connectivity index (χ0v) is 15.7. The predicted octanol–water partition coefficient (Wildman–Crippen LogP) is 3.21. The summed E-state index contributed by atoms with van der Waals surface area (Å²) in [4.78, 5) is 8.67. The Balaban J connectivity index is 1.55. The topological polar surface area (TPSA) is 125 Å². The van der Waals surface area contributed by atoms with Gasteiger partial charge in [0, 0.05) is 17.3 Å². The van der Waals surface area contributed by atoms with Crippen LogP contribution in [0.4, 0.5) is 28.8 Å². The van der Waals surface area contributed by atoms with Gasteiger partial charge >= 0.3 is 0 Å². The molecule has 4 aromatic rings. The lowest BCUT2D eigenvalue weighted by Gasteiger charge is -2.10. The van der Waals surface area contributed by atoms with Gasteiger partial charge in [0.2, 0.25) is 16.0 Å². The van der Waals surface area contributed by atoms with Gasteiger partial charge in [0.15, 0.2) is 0 Å². The van der Waals surface area contributed by atoms with Crippen molar-refractivity contribution in [3.05, 3.63) is 60.9 Å². The summed E-state index contributed by atoms with van der Waals surface area (Å²) in [5.74, 6) is 0.984. The average molecular weight is 395 g/mol. The first-order valence-electron chi connectivity index (χ1n) is 8.33. The molecule has 0 aliphatic rings. The fraction of sp³-hybridized carbons (Fsp3) is 0.0556. The molecule has 0 saturated heterocycles. The van der Waals surface area contributed by atoms with Gasteiger partial charge in [-0.25, -0.2) is 13.4 Å². The number of benzene rings is 2. The second-order valence-electron chi connectivity index (χ2n) is 6.11. The van der Waals surface area contributed by atoms with Crippen LogP contribution in [-0.4, -0.2) is 34.8 Å². The third kappa shape index (κ3) is 4.18. The third-order valence-corrected chi connectivity index (χ3v) is 4.43. The largest absolute Gasteiger partial charge is 0.339 e. The molecular formula is C18H17N7O2S. The number of rotatable bonds is 6. The number of aromatic nitrogens is 4. The first-order valence-corrected chi connectivity index (χ1v) is 10.2. The fourth-order valence-electron chi connectivity index (χ4n) is 2.71. The molecule has 0 atom stereocenters. The van der Waals surface area contributed by atoms with Crippen LogP contribution in [-0.2, 0) is 10.0 Å². The van der Waals surface area contributed by atoms with Gasteiger partial charge in [-0.1, -0.05) is 12.1 Å². The van der Waals surface area contributed by atoms with E-state index in [4.69, 9.17) is 0 Å². The van der Waals surface area contributed by atoms with Gasteiger partial charge in [0.05, 0.1) is 29.3 Å². The Morgan fingerprint density at radius 2 is 1.82 bits per heavy atom. The smallest absolute Gasteiger partial charge is 0.229 e. The van der Waals surface area contributed by atoms with Crippen molar-refractivity contribution in [1.82, 2.24) is 20.2 Å². The molecule has 10 heteroatoms. The summed E-state index contributed by atoms with van der Waals surface area (Å²) in [5.41, 5.74) is 2.90. The van der Waals surface area contributed by atoms with Crippen molar-refractivity contribution in [3.8, 4) is 0 Å². The third-order valence-electron chi connectivity index (χ3n) is 3.83. The summed E-state index contributed by atoms with van der Waals surface area (Å²) >= 11 is 0. The van der Waals surface area contributed by atoms with E-state index in [1.54, 1.807) is 42.7 Å². The van der Waals surface area contributed by atoms with E-state index >= 15 is 0 Å². The number of aromatic amines is 1. The SMILES string of the molecule is CS(=O)(=O)Nc1cccc(Nc2nccc(Nc3cccc4[nH]ncc34)n2)c1. The lowest BCUT2D eigenvalue weighted by molar-refractivity contribution is 0.607. The second-order valence-corrected chi connectivity index (χ2v) is 7.86. The minimum atomic E-state index is -3.35. The van der Waals surface area contributed by atoms with Crippen molar-refractivity contribution >= 4 is 49.8 Å². The molecule has 0 fully saturated rings. The van der Waals surface area contributed by atoms with Gasteiger partial charge in [-0.2, -0.15) is 10.1 Å². The molecule has 0 spiro atoms. The quantitative estimate of drug-likeness (QED) is 0.395. The second kappa shape index (κ2) is 7.16. The number of nitrogens with zero attached hydrogens (tertiary/aromatic N) is 3. The molecule has 0 aliphatic heterocycles. The highest BCUT2D eigenvalue weighted by molar-refractivity contribution is 7.92. The molecule has 0 bridgehead atoms. The van der Waals surface area contributed by atoms with Gasteiger partial charge < -0.3 is 10.6 Å². The lowest BCUT2D eigenvalue weighted by atomic mass is 10.2. The van der Waals surface area contributed by atoms with E-state index in [0.29, 0.717) is 23.1 Å². The maximum absolute atomic E-state index is 11.4. The van der Waals surface area contributed by atoms with E-state index < -0.39 is 10.0 Å². The molecule has 9 nitrogen and oxygen atoms in total. The van der Waals surface area contributed by atoms with Crippen LogP contribution in [0.25, 0.3) is 10.9 Å².